The molecule has 2 N–H and O–H groups in total. The number of H-pyrrole nitrogens is 1. The maximum absolute atomic E-state index is 5.30. The maximum Gasteiger partial charge on any atom is 0.112 e. The molecule has 1 aliphatic rings. The van der Waals surface area contributed by atoms with E-state index in [2.05, 4.69) is 67.4 Å². The Hall–Kier alpha value is -3.45. The molecule has 1 fully saturated rings. The fourth-order valence-electron chi connectivity index (χ4n) is 5.56. The van der Waals surface area contributed by atoms with Crippen LogP contribution in [0, 0.1) is 0 Å². The zero-order chi connectivity index (χ0) is 20.7. The summed E-state index contributed by atoms with van der Waals surface area (Å²) >= 11 is 0. The van der Waals surface area contributed by atoms with Gasteiger partial charge in [0.25, 0.3) is 0 Å². The molecule has 154 valence electrons. The monoisotopic (exact) mass is 409 g/mol. The van der Waals surface area contributed by atoms with E-state index in [0.29, 0.717) is 5.92 Å². The van der Waals surface area contributed by atoms with Crippen LogP contribution in [-0.4, -0.2) is 42.6 Å². The second-order valence-electron chi connectivity index (χ2n) is 8.81. The number of nitrogens with zero attached hydrogens (tertiary/aromatic N) is 5. The number of rotatable bonds is 1. The van der Waals surface area contributed by atoms with Crippen molar-refractivity contribution in [1.82, 2.24) is 34.8 Å². The SMILES string of the molecule is Cn1[nH]cc2cc3c(cc21)c1ccc2nncc2c1c1c3nc(C2CCNCC2)n1C. The molecule has 3 aromatic carbocycles. The summed E-state index contributed by atoms with van der Waals surface area (Å²) in [5.41, 5.74) is 4.39. The van der Waals surface area contributed by atoms with Gasteiger partial charge in [0.2, 0.25) is 0 Å². The lowest BCUT2D eigenvalue weighted by molar-refractivity contribution is 0.439. The first-order valence-electron chi connectivity index (χ1n) is 10.9. The number of imidazole rings is 1. The second-order valence-corrected chi connectivity index (χ2v) is 8.81. The van der Waals surface area contributed by atoms with Crippen LogP contribution in [-0.2, 0) is 14.1 Å². The van der Waals surface area contributed by atoms with E-state index in [1.54, 1.807) is 0 Å². The first kappa shape index (κ1) is 17.3. The Morgan fingerprint density at radius 3 is 2.74 bits per heavy atom. The molecule has 1 saturated heterocycles. The number of benzene rings is 3. The Bertz CT molecular complexity index is 1640. The Morgan fingerprint density at radius 1 is 1.00 bits per heavy atom. The first-order valence-corrected chi connectivity index (χ1v) is 10.9. The minimum Gasteiger partial charge on any atom is -0.330 e. The lowest BCUT2D eigenvalue weighted by atomic mass is 9.96. The van der Waals surface area contributed by atoms with Gasteiger partial charge in [-0.1, -0.05) is 6.07 Å². The highest BCUT2D eigenvalue weighted by Gasteiger charge is 2.24. The van der Waals surface area contributed by atoms with Crippen LogP contribution >= 0.6 is 0 Å². The van der Waals surface area contributed by atoms with E-state index < -0.39 is 0 Å². The van der Waals surface area contributed by atoms with Gasteiger partial charge in [-0.3, -0.25) is 4.68 Å². The van der Waals surface area contributed by atoms with Gasteiger partial charge in [-0.15, -0.1) is 0 Å². The van der Waals surface area contributed by atoms with Gasteiger partial charge in [0.1, 0.15) is 5.82 Å². The first-order chi connectivity index (χ1) is 15.2. The molecule has 0 radical (unpaired) electrons. The normalized spacial score (nSPS) is 15.9. The highest BCUT2D eigenvalue weighted by Crippen LogP contribution is 2.41. The highest BCUT2D eigenvalue weighted by molar-refractivity contribution is 6.30. The molecule has 0 spiro atoms. The molecular weight excluding hydrogens is 386 g/mol. The van der Waals surface area contributed by atoms with Crippen molar-refractivity contribution in [2.45, 2.75) is 18.8 Å². The van der Waals surface area contributed by atoms with Crippen LogP contribution in [0.15, 0.2) is 36.7 Å². The highest BCUT2D eigenvalue weighted by atomic mass is 15.2. The molecule has 0 bridgehead atoms. The topological polar surface area (TPSA) is 76.3 Å². The van der Waals surface area contributed by atoms with E-state index in [1.165, 1.54) is 43.8 Å². The number of piperidine rings is 1. The summed E-state index contributed by atoms with van der Waals surface area (Å²) in [5, 5.41) is 22.5. The van der Waals surface area contributed by atoms with E-state index in [9.17, 15) is 0 Å². The average Bonchev–Trinajstić information content (AvgIpc) is 3.51. The molecule has 6 aromatic rings. The van der Waals surface area contributed by atoms with Gasteiger partial charge in [-0.2, -0.15) is 10.2 Å². The van der Waals surface area contributed by atoms with Crippen molar-refractivity contribution in [3.05, 3.63) is 42.5 Å². The van der Waals surface area contributed by atoms with Crippen LogP contribution < -0.4 is 5.32 Å². The van der Waals surface area contributed by atoms with Gasteiger partial charge in [0, 0.05) is 47.8 Å². The fraction of sp³-hybridized carbons (Fsp3) is 0.292. The van der Waals surface area contributed by atoms with Crippen LogP contribution in [0.25, 0.3) is 54.4 Å². The Labute approximate surface area is 178 Å². The molecule has 4 heterocycles. The summed E-state index contributed by atoms with van der Waals surface area (Å²) in [6.07, 6.45) is 6.21. The van der Waals surface area contributed by atoms with Gasteiger partial charge in [-0.05, 0) is 54.9 Å². The largest absolute Gasteiger partial charge is 0.330 e. The van der Waals surface area contributed by atoms with E-state index in [-0.39, 0.29) is 0 Å². The Morgan fingerprint density at radius 2 is 1.87 bits per heavy atom. The minimum atomic E-state index is 0.479. The molecule has 0 atom stereocenters. The van der Waals surface area contributed by atoms with E-state index in [1.807, 2.05) is 13.2 Å². The van der Waals surface area contributed by atoms with Gasteiger partial charge < -0.3 is 15.0 Å². The number of nitrogens with one attached hydrogen (secondary N) is 2. The summed E-state index contributed by atoms with van der Waals surface area (Å²) in [5.74, 6) is 1.67. The third-order valence-electron chi connectivity index (χ3n) is 7.13. The third-order valence-corrected chi connectivity index (χ3v) is 7.13. The summed E-state index contributed by atoms with van der Waals surface area (Å²) in [6, 6.07) is 8.86. The standard InChI is InChI=1S/C24H23N7/c1-30-23-21-15(3-4-19-18(21)12-26-29-19)16-10-20-14(11-27-31(20)2)9-17(16)22(23)28-24(30)13-5-7-25-8-6-13/h3-4,9-13,25,27H,5-8H2,1-2H3. The predicted molar refractivity (Wildman–Crippen MR) is 124 cm³/mol. The molecule has 7 heteroatoms. The van der Waals surface area contributed by atoms with Crippen molar-refractivity contribution in [3.63, 3.8) is 0 Å². The number of hydrogen-bond acceptors (Lipinski definition) is 4. The van der Waals surface area contributed by atoms with E-state index >= 15 is 0 Å². The maximum atomic E-state index is 5.30. The van der Waals surface area contributed by atoms with Crippen LogP contribution in [0.1, 0.15) is 24.6 Å². The van der Waals surface area contributed by atoms with Crippen molar-refractivity contribution in [2.24, 2.45) is 14.1 Å². The number of fused-ring (bicyclic) bond motifs is 9. The molecular formula is C24H23N7. The molecule has 0 unspecified atom stereocenters. The van der Waals surface area contributed by atoms with E-state index in [4.69, 9.17) is 4.98 Å². The lowest BCUT2D eigenvalue weighted by Crippen LogP contribution is -2.27. The quantitative estimate of drug-likeness (QED) is 0.401. The molecule has 7 rings (SSSR count). The van der Waals surface area contributed by atoms with Crippen LogP contribution in [0.3, 0.4) is 0 Å². The molecule has 0 saturated carbocycles. The van der Waals surface area contributed by atoms with Gasteiger partial charge >= 0.3 is 0 Å². The zero-order valence-corrected chi connectivity index (χ0v) is 17.6. The third kappa shape index (κ3) is 2.24. The van der Waals surface area contributed by atoms with Crippen LogP contribution in [0.5, 0.6) is 0 Å². The fourth-order valence-corrected chi connectivity index (χ4v) is 5.56. The number of aromatic nitrogens is 6. The van der Waals surface area contributed by atoms with Crippen molar-refractivity contribution >= 4 is 54.4 Å². The van der Waals surface area contributed by atoms with Crippen molar-refractivity contribution in [2.75, 3.05) is 13.1 Å². The van der Waals surface area contributed by atoms with Gasteiger partial charge in [0.05, 0.1) is 28.3 Å². The average molecular weight is 409 g/mol. The lowest BCUT2D eigenvalue weighted by Gasteiger charge is -2.22. The van der Waals surface area contributed by atoms with Crippen molar-refractivity contribution in [1.29, 1.82) is 0 Å². The molecule has 7 nitrogen and oxygen atoms in total. The number of aromatic amines is 1. The number of aryl methyl sites for hydroxylation is 2. The summed E-state index contributed by atoms with van der Waals surface area (Å²) < 4.78 is 4.40. The summed E-state index contributed by atoms with van der Waals surface area (Å²) in [6.45, 7) is 2.10. The second kappa shape index (κ2) is 6.04. The number of hydrogen-bond donors (Lipinski definition) is 2. The van der Waals surface area contributed by atoms with Gasteiger partial charge in [-0.25, -0.2) is 4.98 Å². The van der Waals surface area contributed by atoms with Gasteiger partial charge in [0.15, 0.2) is 0 Å². The van der Waals surface area contributed by atoms with E-state index in [0.717, 1.165) is 42.4 Å². The molecule has 3 aromatic heterocycles. The summed E-state index contributed by atoms with van der Waals surface area (Å²) in [7, 11) is 4.23. The molecule has 1 aliphatic heterocycles. The molecule has 0 amide bonds. The van der Waals surface area contributed by atoms with Crippen molar-refractivity contribution in [3.8, 4) is 0 Å². The predicted octanol–water partition coefficient (Wildman–Crippen LogP) is 4.11. The zero-order valence-electron chi connectivity index (χ0n) is 17.6. The van der Waals surface area contributed by atoms with Crippen molar-refractivity contribution < 1.29 is 0 Å². The smallest absolute Gasteiger partial charge is 0.112 e. The molecule has 31 heavy (non-hydrogen) atoms. The van der Waals surface area contributed by atoms with Crippen LogP contribution in [0.4, 0.5) is 0 Å². The summed E-state index contributed by atoms with van der Waals surface area (Å²) in [4.78, 5) is 5.30. The van der Waals surface area contributed by atoms with Crippen LogP contribution in [0.2, 0.25) is 0 Å². The molecule has 0 aliphatic carbocycles. The minimum absolute atomic E-state index is 0.479. The Kier molecular flexibility index (Phi) is 3.36. The Balaban J connectivity index is 1.72.